The van der Waals surface area contributed by atoms with Gasteiger partial charge in [-0.1, -0.05) is 30.4 Å². The lowest BCUT2D eigenvalue weighted by Gasteiger charge is -2.26. The average molecular weight is 757 g/mol. The minimum absolute atomic E-state index is 0.0503. The van der Waals surface area contributed by atoms with E-state index in [1.54, 1.807) is 56.4 Å². The Kier molecular flexibility index (Phi) is 11.0. The molecular formula is C31H36N2O12S4. The first-order valence-corrected chi connectivity index (χ1v) is 20.9. The van der Waals surface area contributed by atoms with E-state index in [0.717, 1.165) is 0 Å². The Labute approximate surface area is 286 Å². The van der Waals surface area contributed by atoms with Crippen molar-refractivity contribution in [2.45, 2.75) is 60.2 Å². The van der Waals surface area contributed by atoms with Gasteiger partial charge in [-0.3, -0.25) is 23.2 Å². The van der Waals surface area contributed by atoms with Crippen molar-refractivity contribution < 1.29 is 51.9 Å². The van der Waals surface area contributed by atoms with Crippen molar-refractivity contribution in [1.82, 2.24) is 0 Å². The minimum Gasteiger partial charge on any atom is -0.358 e. The van der Waals surface area contributed by atoms with Crippen molar-refractivity contribution in [3.8, 4) is 0 Å². The standard InChI is InChI=1S/C31H36N2O12S4/c1-30(16-8-18-46(34,35)36)24-20-22(48(40,41)42)12-14-26(24)32-28(30)10-6-4-3-5-7-11-29-31(2,17-9-19-47(37,38)39)25-21-23(49(43,44)45)13-15-27(25)33-29/h3-7,10-15,20-21,32H,8-9,16-19H2,1-2H3,(H,34,35,36)(H,37,38,39)(H,40,41,42)(H,43,44,45)/b5-3+,6-4+,11-7+,28-10+. The van der Waals surface area contributed by atoms with Crippen LogP contribution < -0.4 is 5.32 Å². The molecule has 2 aromatic rings. The molecule has 0 bridgehead atoms. The maximum absolute atomic E-state index is 11.8. The van der Waals surface area contributed by atoms with Crippen molar-refractivity contribution >= 4 is 57.6 Å². The molecule has 5 N–H and O–H groups in total. The van der Waals surface area contributed by atoms with E-state index < -0.39 is 62.8 Å². The van der Waals surface area contributed by atoms with Crippen molar-refractivity contribution in [3.05, 3.63) is 95.8 Å². The molecule has 0 saturated carbocycles. The number of allylic oxidation sites excluding steroid dienone is 8. The van der Waals surface area contributed by atoms with E-state index in [4.69, 9.17) is 0 Å². The molecule has 2 unspecified atom stereocenters. The van der Waals surface area contributed by atoms with Crippen LogP contribution in [0.3, 0.4) is 0 Å². The number of hydrogen-bond donors (Lipinski definition) is 5. The largest absolute Gasteiger partial charge is 0.358 e. The van der Waals surface area contributed by atoms with Crippen molar-refractivity contribution in [2.75, 3.05) is 16.8 Å². The summed E-state index contributed by atoms with van der Waals surface area (Å²) in [7, 11) is -17.5. The Hall–Kier alpha value is -3.49. The Balaban J connectivity index is 1.55. The lowest BCUT2D eigenvalue weighted by Crippen LogP contribution is -2.29. The lowest BCUT2D eigenvalue weighted by molar-refractivity contribution is 0.468. The molecule has 0 aliphatic carbocycles. The molecule has 18 heteroatoms. The van der Waals surface area contributed by atoms with Gasteiger partial charge in [-0.15, -0.1) is 0 Å². The van der Waals surface area contributed by atoms with Crippen LogP contribution in [0.5, 0.6) is 0 Å². The van der Waals surface area contributed by atoms with Gasteiger partial charge < -0.3 is 5.32 Å². The van der Waals surface area contributed by atoms with Gasteiger partial charge in [0, 0.05) is 22.2 Å². The first-order chi connectivity index (χ1) is 22.5. The molecule has 49 heavy (non-hydrogen) atoms. The second-order valence-corrected chi connectivity index (χ2v) is 18.1. The zero-order chi connectivity index (χ0) is 36.5. The highest BCUT2D eigenvalue weighted by Gasteiger charge is 2.40. The average Bonchev–Trinajstić information content (AvgIpc) is 3.39. The second-order valence-electron chi connectivity index (χ2n) is 12.1. The van der Waals surface area contributed by atoms with Gasteiger partial charge in [0.15, 0.2) is 0 Å². The van der Waals surface area contributed by atoms with Crippen LogP contribution in [0.15, 0.2) is 99.4 Å². The molecule has 0 spiro atoms. The molecule has 266 valence electrons. The molecule has 4 rings (SSSR count). The van der Waals surface area contributed by atoms with Crippen molar-refractivity contribution in [3.63, 3.8) is 0 Å². The fraction of sp³-hybridized carbons (Fsp3) is 0.323. The summed E-state index contributed by atoms with van der Waals surface area (Å²) in [6.45, 7) is 3.54. The first-order valence-electron chi connectivity index (χ1n) is 14.8. The summed E-state index contributed by atoms with van der Waals surface area (Å²) in [4.78, 5) is 3.94. The van der Waals surface area contributed by atoms with Gasteiger partial charge in [0.1, 0.15) is 0 Å². The highest BCUT2D eigenvalue weighted by atomic mass is 32.2. The Morgan fingerprint density at radius 3 is 1.76 bits per heavy atom. The van der Waals surface area contributed by atoms with Crippen LogP contribution in [0.25, 0.3) is 0 Å². The summed E-state index contributed by atoms with van der Waals surface area (Å²) in [6, 6.07) is 8.02. The molecule has 0 radical (unpaired) electrons. The summed E-state index contributed by atoms with van der Waals surface area (Å²) < 4.78 is 130. The molecular weight excluding hydrogens is 721 g/mol. The van der Waals surface area contributed by atoms with E-state index in [-0.39, 0.29) is 35.5 Å². The topological polar surface area (TPSA) is 242 Å². The molecule has 14 nitrogen and oxygen atoms in total. The third kappa shape index (κ3) is 9.40. The zero-order valence-electron chi connectivity index (χ0n) is 26.4. The molecule has 2 aliphatic heterocycles. The number of benzene rings is 2. The zero-order valence-corrected chi connectivity index (χ0v) is 29.6. The summed E-state index contributed by atoms with van der Waals surface area (Å²) in [5, 5.41) is 3.21. The third-order valence-corrected chi connectivity index (χ3v) is 11.8. The Bertz CT molecular complexity index is 2240. The summed E-state index contributed by atoms with van der Waals surface area (Å²) in [5.74, 6) is -1.000. The van der Waals surface area contributed by atoms with Crippen LogP contribution in [0.1, 0.15) is 50.7 Å². The number of fused-ring (bicyclic) bond motifs is 2. The highest BCUT2D eigenvalue weighted by Crippen LogP contribution is 2.47. The fourth-order valence-electron chi connectivity index (χ4n) is 5.97. The van der Waals surface area contributed by atoms with E-state index in [0.29, 0.717) is 33.9 Å². The molecule has 2 heterocycles. The molecule has 0 aromatic heterocycles. The number of rotatable bonds is 14. The van der Waals surface area contributed by atoms with Gasteiger partial charge >= 0.3 is 0 Å². The van der Waals surface area contributed by atoms with Crippen molar-refractivity contribution in [1.29, 1.82) is 0 Å². The molecule has 2 aliphatic rings. The number of aliphatic imine (C=N–C) groups is 1. The van der Waals surface area contributed by atoms with Crippen LogP contribution in [-0.2, 0) is 51.3 Å². The van der Waals surface area contributed by atoms with Gasteiger partial charge in [-0.05, 0) is 99.2 Å². The normalized spacial score (nSPS) is 22.2. The van der Waals surface area contributed by atoms with Gasteiger partial charge in [0.2, 0.25) is 0 Å². The van der Waals surface area contributed by atoms with Gasteiger partial charge in [-0.2, -0.15) is 33.7 Å². The van der Waals surface area contributed by atoms with Crippen LogP contribution in [-0.4, -0.2) is 69.1 Å². The highest BCUT2D eigenvalue weighted by molar-refractivity contribution is 7.86. The molecule has 0 saturated heterocycles. The predicted octanol–water partition coefficient (Wildman–Crippen LogP) is 4.80. The molecule has 2 atom stereocenters. The first kappa shape index (κ1) is 38.3. The quantitative estimate of drug-likeness (QED) is 0.129. The van der Waals surface area contributed by atoms with E-state index >= 15 is 0 Å². The van der Waals surface area contributed by atoms with Gasteiger partial charge in [0.25, 0.3) is 40.5 Å². The van der Waals surface area contributed by atoms with Gasteiger partial charge in [0.05, 0.1) is 32.7 Å². The SMILES string of the molecule is CC1(CCCS(=O)(=O)O)C(/C=C/C=C/C=C/C=C2/Nc3ccc(S(=O)(=O)O)cc3C2(C)CCCS(=O)(=O)O)=Nc2ccc(S(=O)(=O)O)cc21. The molecule has 2 aromatic carbocycles. The van der Waals surface area contributed by atoms with E-state index in [9.17, 15) is 51.9 Å². The number of nitrogens with zero attached hydrogens (tertiary/aromatic N) is 1. The third-order valence-electron chi connectivity index (χ3n) is 8.53. The smallest absolute Gasteiger partial charge is 0.294 e. The Morgan fingerprint density at radius 2 is 1.18 bits per heavy atom. The second kappa shape index (κ2) is 14.0. The predicted molar refractivity (Wildman–Crippen MR) is 185 cm³/mol. The van der Waals surface area contributed by atoms with Crippen LogP contribution in [0.2, 0.25) is 0 Å². The summed E-state index contributed by atoms with van der Waals surface area (Å²) in [5.41, 5.74) is 1.31. The van der Waals surface area contributed by atoms with E-state index in [1.807, 2.05) is 0 Å². The summed E-state index contributed by atoms with van der Waals surface area (Å²) in [6.07, 6.45) is 12.4. The maximum Gasteiger partial charge on any atom is 0.294 e. The lowest BCUT2D eigenvalue weighted by atomic mass is 9.76. The number of hydrogen-bond acceptors (Lipinski definition) is 10. The minimum atomic E-state index is -4.51. The van der Waals surface area contributed by atoms with Crippen LogP contribution in [0.4, 0.5) is 11.4 Å². The van der Waals surface area contributed by atoms with Crippen LogP contribution >= 0.6 is 0 Å². The van der Waals surface area contributed by atoms with Crippen LogP contribution in [0, 0.1) is 0 Å². The maximum atomic E-state index is 11.8. The summed E-state index contributed by atoms with van der Waals surface area (Å²) >= 11 is 0. The van der Waals surface area contributed by atoms with Gasteiger partial charge in [-0.25, -0.2) is 0 Å². The Morgan fingerprint density at radius 1 is 0.673 bits per heavy atom. The number of anilines is 1. The monoisotopic (exact) mass is 756 g/mol. The van der Waals surface area contributed by atoms with Crippen molar-refractivity contribution in [2.24, 2.45) is 4.99 Å². The van der Waals surface area contributed by atoms with E-state index in [1.165, 1.54) is 36.4 Å². The fourth-order valence-corrected chi connectivity index (χ4v) is 8.00. The molecule has 0 amide bonds. The number of nitrogens with one attached hydrogen (secondary N) is 1. The van der Waals surface area contributed by atoms with E-state index in [2.05, 4.69) is 10.3 Å². The molecule has 0 fully saturated rings.